The van der Waals surface area contributed by atoms with Gasteiger partial charge in [-0.1, -0.05) is 24.3 Å². The van der Waals surface area contributed by atoms with Crippen molar-refractivity contribution in [2.24, 2.45) is 0 Å². The number of nitrogens with one attached hydrogen (secondary N) is 2. The molecule has 0 aliphatic heterocycles. The van der Waals surface area contributed by atoms with E-state index in [9.17, 15) is 9.59 Å². The van der Waals surface area contributed by atoms with Crippen molar-refractivity contribution in [3.63, 3.8) is 0 Å². The van der Waals surface area contributed by atoms with Crippen LogP contribution in [0, 0.1) is 0 Å². The van der Waals surface area contributed by atoms with Gasteiger partial charge in [0, 0.05) is 36.7 Å². The number of rotatable bonds is 6. The lowest BCUT2D eigenvalue weighted by molar-refractivity contribution is -0.121. The topological polar surface area (TPSA) is 79.3 Å². The number of amides is 1. The summed E-state index contributed by atoms with van der Waals surface area (Å²) in [6, 6.07) is 15.4. The zero-order valence-electron chi connectivity index (χ0n) is 14.8. The van der Waals surface area contributed by atoms with Crippen LogP contribution >= 0.6 is 0 Å². The van der Waals surface area contributed by atoms with E-state index in [1.807, 2.05) is 65.3 Å². The SMILES string of the molecule is O=C(CCc1cc2ccccc2[nH]c1=O)NCCc1ncc2ccccn12. The fraction of sp³-hybridized carbons (Fsp3) is 0.190. The summed E-state index contributed by atoms with van der Waals surface area (Å²) in [5.41, 5.74) is 2.34. The van der Waals surface area contributed by atoms with E-state index in [1.54, 1.807) is 0 Å². The van der Waals surface area contributed by atoms with Crippen LogP contribution in [0.5, 0.6) is 0 Å². The minimum Gasteiger partial charge on any atom is -0.356 e. The molecule has 0 saturated carbocycles. The number of hydrogen-bond acceptors (Lipinski definition) is 3. The third kappa shape index (κ3) is 3.74. The molecular formula is C21H20N4O2. The molecule has 0 aliphatic carbocycles. The zero-order chi connectivity index (χ0) is 18.6. The van der Waals surface area contributed by atoms with Crippen LogP contribution in [0.4, 0.5) is 0 Å². The Balaban J connectivity index is 1.32. The lowest BCUT2D eigenvalue weighted by Crippen LogP contribution is -2.27. The quantitative estimate of drug-likeness (QED) is 0.554. The van der Waals surface area contributed by atoms with E-state index in [0.29, 0.717) is 24.9 Å². The van der Waals surface area contributed by atoms with Crippen molar-refractivity contribution in [2.45, 2.75) is 19.3 Å². The lowest BCUT2D eigenvalue weighted by atomic mass is 10.1. The first-order valence-corrected chi connectivity index (χ1v) is 8.99. The molecule has 0 radical (unpaired) electrons. The highest BCUT2D eigenvalue weighted by molar-refractivity contribution is 5.79. The number of H-pyrrole nitrogens is 1. The van der Waals surface area contributed by atoms with Gasteiger partial charge in [-0.15, -0.1) is 0 Å². The van der Waals surface area contributed by atoms with Gasteiger partial charge < -0.3 is 14.7 Å². The average Bonchev–Trinajstić information content (AvgIpc) is 3.09. The number of nitrogens with zero attached hydrogens (tertiary/aromatic N) is 2. The van der Waals surface area contributed by atoms with Crippen molar-refractivity contribution in [1.29, 1.82) is 0 Å². The summed E-state index contributed by atoms with van der Waals surface area (Å²) in [5.74, 6) is 0.847. The van der Waals surface area contributed by atoms with Crippen LogP contribution in [0.3, 0.4) is 0 Å². The average molecular weight is 360 g/mol. The van der Waals surface area contributed by atoms with Crippen molar-refractivity contribution < 1.29 is 4.79 Å². The number of carbonyl (C=O) groups excluding carboxylic acids is 1. The zero-order valence-corrected chi connectivity index (χ0v) is 14.8. The second-order valence-electron chi connectivity index (χ2n) is 6.48. The van der Waals surface area contributed by atoms with Gasteiger partial charge in [0.25, 0.3) is 5.56 Å². The highest BCUT2D eigenvalue weighted by Gasteiger charge is 2.08. The van der Waals surface area contributed by atoms with E-state index in [-0.39, 0.29) is 17.9 Å². The summed E-state index contributed by atoms with van der Waals surface area (Å²) in [5, 5.41) is 3.88. The van der Waals surface area contributed by atoms with Crippen LogP contribution < -0.4 is 10.9 Å². The first-order valence-electron chi connectivity index (χ1n) is 8.99. The third-order valence-corrected chi connectivity index (χ3v) is 4.64. The second kappa shape index (κ2) is 7.45. The Bertz CT molecular complexity index is 1160. The smallest absolute Gasteiger partial charge is 0.251 e. The molecular weight excluding hydrogens is 340 g/mol. The van der Waals surface area contributed by atoms with Gasteiger partial charge in [-0.3, -0.25) is 9.59 Å². The van der Waals surface area contributed by atoms with E-state index in [1.165, 1.54) is 0 Å². The number of para-hydroxylation sites is 1. The van der Waals surface area contributed by atoms with Crippen LogP contribution in [0.2, 0.25) is 0 Å². The van der Waals surface area contributed by atoms with E-state index in [0.717, 1.165) is 22.2 Å². The Morgan fingerprint density at radius 2 is 1.96 bits per heavy atom. The van der Waals surface area contributed by atoms with E-state index >= 15 is 0 Å². The molecule has 0 bridgehead atoms. The molecule has 3 heterocycles. The van der Waals surface area contributed by atoms with E-state index < -0.39 is 0 Å². The minimum atomic E-state index is -0.134. The van der Waals surface area contributed by atoms with Crippen molar-refractivity contribution in [3.05, 3.63) is 82.7 Å². The fourth-order valence-corrected chi connectivity index (χ4v) is 3.21. The monoisotopic (exact) mass is 360 g/mol. The van der Waals surface area contributed by atoms with Crippen molar-refractivity contribution >= 4 is 22.3 Å². The number of pyridine rings is 2. The maximum Gasteiger partial charge on any atom is 0.251 e. The molecule has 1 amide bonds. The summed E-state index contributed by atoms with van der Waals surface area (Å²) in [7, 11) is 0. The molecule has 3 aromatic heterocycles. The molecule has 0 aliphatic rings. The molecule has 0 saturated heterocycles. The number of carbonyl (C=O) groups is 1. The molecule has 0 spiro atoms. The Morgan fingerprint density at radius 3 is 2.89 bits per heavy atom. The molecule has 136 valence electrons. The molecule has 0 atom stereocenters. The predicted octanol–water partition coefficient (Wildman–Crippen LogP) is 2.47. The van der Waals surface area contributed by atoms with Gasteiger partial charge in [0.05, 0.1) is 11.7 Å². The maximum atomic E-state index is 12.1. The largest absolute Gasteiger partial charge is 0.356 e. The highest BCUT2D eigenvalue weighted by atomic mass is 16.1. The third-order valence-electron chi connectivity index (χ3n) is 4.64. The van der Waals surface area contributed by atoms with Gasteiger partial charge in [-0.2, -0.15) is 0 Å². The Hall–Kier alpha value is -3.41. The van der Waals surface area contributed by atoms with E-state index in [4.69, 9.17) is 0 Å². The molecule has 1 aromatic carbocycles. The molecule has 27 heavy (non-hydrogen) atoms. The van der Waals surface area contributed by atoms with Crippen LogP contribution in [-0.2, 0) is 17.6 Å². The molecule has 4 aromatic rings. The Labute approximate surface area is 155 Å². The Morgan fingerprint density at radius 1 is 1.11 bits per heavy atom. The molecule has 2 N–H and O–H groups in total. The number of imidazole rings is 1. The standard InChI is InChI=1S/C21H20N4O2/c26-20(22-11-10-19-23-14-17-6-3-4-12-25(17)19)9-8-16-13-15-5-1-2-7-18(15)24-21(16)27/h1-7,12-14H,8-11H2,(H,22,26)(H,24,27). The van der Waals surface area contributed by atoms with E-state index in [2.05, 4.69) is 15.3 Å². The minimum absolute atomic E-state index is 0.0663. The first-order chi connectivity index (χ1) is 13.2. The number of aromatic nitrogens is 3. The lowest BCUT2D eigenvalue weighted by Gasteiger charge is -2.06. The van der Waals surface area contributed by atoms with Crippen molar-refractivity contribution in [2.75, 3.05) is 6.54 Å². The van der Waals surface area contributed by atoms with Gasteiger partial charge in [-0.25, -0.2) is 4.98 Å². The van der Waals surface area contributed by atoms with Gasteiger partial charge in [0.2, 0.25) is 5.91 Å². The summed E-state index contributed by atoms with van der Waals surface area (Å²) in [6.45, 7) is 0.515. The predicted molar refractivity (Wildman–Crippen MR) is 105 cm³/mol. The molecule has 0 unspecified atom stereocenters. The Kier molecular flexibility index (Phi) is 4.70. The summed E-state index contributed by atoms with van der Waals surface area (Å²) in [6.07, 6.45) is 5.14. The van der Waals surface area contributed by atoms with Gasteiger partial charge in [-0.05, 0) is 36.1 Å². The summed E-state index contributed by atoms with van der Waals surface area (Å²) in [4.78, 5) is 31.5. The molecule has 6 nitrogen and oxygen atoms in total. The number of aryl methyl sites for hydroxylation is 1. The summed E-state index contributed by atoms with van der Waals surface area (Å²) >= 11 is 0. The van der Waals surface area contributed by atoms with Crippen LogP contribution in [-0.4, -0.2) is 26.8 Å². The van der Waals surface area contributed by atoms with Crippen LogP contribution in [0.1, 0.15) is 17.8 Å². The van der Waals surface area contributed by atoms with Gasteiger partial charge in [0.15, 0.2) is 0 Å². The van der Waals surface area contributed by atoms with Crippen molar-refractivity contribution in [3.8, 4) is 0 Å². The first kappa shape index (κ1) is 17.0. The summed E-state index contributed by atoms with van der Waals surface area (Å²) < 4.78 is 2.01. The normalized spacial score (nSPS) is 11.1. The van der Waals surface area contributed by atoms with Crippen LogP contribution in [0.15, 0.2) is 65.7 Å². The molecule has 0 fully saturated rings. The number of benzene rings is 1. The second-order valence-corrected chi connectivity index (χ2v) is 6.48. The van der Waals surface area contributed by atoms with Crippen molar-refractivity contribution in [1.82, 2.24) is 19.7 Å². The maximum absolute atomic E-state index is 12.1. The molecule has 4 rings (SSSR count). The van der Waals surface area contributed by atoms with Gasteiger partial charge >= 0.3 is 0 Å². The number of hydrogen-bond donors (Lipinski definition) is 2. The fourth-order valence-electron chi connectivity index (χ4n) is 3.21. The number of aromatic amines is 1. The number of fused-ring (bicyclic) bond motifs is 2. The highest BCUT2D eigenvalue weighted by Crippen LogP contribution is 2.11. The van der Waals surface area contributed by atoms with Gasteiger partial charge in [0.1, 0.15) is 5.82 Å². The van der Waals surface area contributed by atoms with Crippen LogP contribution in [0.25, 0.3) is 16.4 Å². The molecule has 6 heteroatoms.